The van der Waals surface area contributed by atoms with Gasteiger partial charge in [-0.05, 0) is 38.8 Å². The van der Waals surface area contributed by atoms with Crippen LogP contribution >= 0.6 is 0 Å². The maximum atomic E-state index is 5.88. The lowest BCUT2D eigenvalue weighted by molar-refractivity contribution is 0.221. The molecule has 0 bridgehead atoms. The molecule has 2 N–H and O–H groups in total. The number of nitrogens with one attached hydrogen (secondary N) is 2. The minimum atomic E-state index is 0.482. The summed E-state index contributed by atoms with van der Waals surface area (Å²) >= 11 is 0. The molecule has 1 fully saturated rings. The van der Waals surface area contributed by atoms with Crippen LogP contribution in [0.3, 0.4) is 0 Å². The molecule has 5 nitrogen and oxygen atoms in total. The number of piperidine rings is 1. The Morgan fingerprint density at radius 2 is 2.07 bits per heavy atom. The molecule has 146 valence electrons. The molecule has 0 radical (unpaired) electrons. The Labute approximate surface area is 162 Å². The largest absolute Gasteiger partial charge is 0.461 e. The first-order valence-electron chi connectivity index (χ1n) is 10.0. The third-order valence-electron chi connectivity index (χ3n) is 4.87. The minimum Gasteiger partial charge on any atom is -0.461 e. The van der Waals surface area contributed by atoms with Crippen molar-refractivity contribution < 1.29 is 4.42 Å². The van der Waals surface area contributed by atoms with Crippen LogP contribution in [-0.2, 0) is 6.42 Å². The van der Waals surface area contributed by atoms with Crippen LogP contribution in [0.4, 0.5) is 0 Å². The molecule has 3 rings (SSSR count). The average Bonchev–Trinajstić information content (AvgIpc) is 3.06. The van der Waals surface area contributed by atoms with Gasteiger partial charge >= 0.3 is 0 Å². The van der Waals surface area contributed by atoms with E-state index in [0.29, 0.717) is 12.6 Å². The Hall–Kier alpha value is -2.27. The van der Waals surface area contributed by atoms with Crippen LogP contribution in [-0.4, -0.2) is 49.6 Å². The smallest absolute Gasteiger partial charge is 0.191 e. The van der Waals surface area contributed by atoms with E-state index in [-0.39, 0.29) is 0 Å². The van der Waals surface area contributed by atoms with Crippen molar-refractivity contribution in [3.8, 4) is 0 Å². The highest BCUT2D eigenvalue weighted by Gasteiger charge is 2.19. The van der Waals surface area contributed by atoms with Gasteiger partial charge in [-0.2, -0.15) is 0 Å². The molecule has 1 saturated heterocycles. The van der Waals surface area contributed by atoms with Gasteiger partial charge in [-0.15, -0.1) is 0 Å². The monoisotopic (exact) mass is 368 g/mol. The molecule has 1 aromatic carbocycles. The first-order valence-corrected chi connectivity index (χ1v) is 10.0. The van der Waals surface area contributed by atoms with E-state index in [1.807, 2.05) is 18.2 Å². The van der Waals surface area contributed by atoms with Crippen molar-refractivity contribution in [1.29, 1.82) is 0 Å². The highest BCUT2D eigenvalue weighted by Crippen LogP contribution is 2.19. The molecule has 2 aromatic rings. The number of para-hydroxylation sites is 1. The summed E-state index contributed by atoms with van der Waals surface area (Å²) < 4.78 is 5.88. The molecular formula is C22H32N4O. The lowest BCUT2D eigenvalue weighted by atomic mass is 10.0. The number of hydrogen-bond acceptors (Lipinski definition) is 3. The van der Waals surface area contributed by atoms with Crippen molar-refractivity contribution in [2.24, 2.45) is 4.99 Å². The van der Waals surface area contributed by atoms with E-state index in [4.69, 9.17) is 9.41 Å². The van der Waals surface area contributed by atoms with Gasteiger partial charge in [0.25, 0.3) is 0 Å². The summed E-state index contributed by atoms with van der Waals surface area (Å²) in [6, 6.07) is 10.7. The maximum Gasteiger partial charge on any atom is 0.191 e. The number of aliphatic imine (C=N–C) groups is 1. The van der Waals surface area contributed by atoms with E-state index in [9.17, 15) is 0 Å². The molecule has 0 spiro atoms. The molecule has 1 aliphatic heterocycles. The fourth-order valence-electron chi connectivity index (χ4n) is 3.57. The number of furan rings is 1. The van der Waals surface area contributed by atoms with Crippen molar-refractivity contribution in [3.63, 3.8) is 0 Å². The van der Waals surface area contributed by atoms with Crippen LogP contribution in [0.25, 0.3) is 11.0 Å². The van der Waals surface area contributed by atoms with Crippen LogP contribution in [0.5, 0.6) is 0 Å². The summed E-state index contributed by atoms with van der Waals surface area (Å²) in [5.41, 5.74) is 2.19. The zero-order valence-electron chi connectivity index (χ0n) is 16.6. The predicted octanol–water partition coefficient (Wildman–Crippen LogP) is 3.57. The predicted molar refractivity (Wildman–Crippen MR) is 113 cm³/mol. The van der Waals surface area contributed by atoms with E-state index in [0.717, 1.165) is 68.1 Å². The summed E-state index contributed by atoms with van der Waals surface area (Å²) in [4.78, 5) is 7.23. The lowest BCUT2D eigenvalue weighted by Gasteiger charge is -2.33. The van der Waals surface area contributed by atoms with Crippen molar-refractivity contribution in [2.45, 2.75) is 39.2 Å². The molecule has 0 atom stereocenters. The van der Waals surface area contributed by atoms with Crippen LogP contribution in [0, 0.1) is 0 Å². The van der Waals surface area contributed by atoms with E-state index in [2.05, 4.69) is 48.1 Å². The topological polar surface area (TPSA) is 52.8 Å². The van der Waals surface area contributed by atoms with E-state index >= 15 is 0 Å². The van der Waals surface area contributed by atoms with Gasteiger partial charge in [0.2, 0.25) is 0 Å². The summed E-state index contributed by atoms with van der Waals surface area (Å²) in [5, 5.41) is 8.13. The quantitative estimate of drug-likeness (QED) is 0.446. The van der Waals surface area contributed by atoms with Crippen LogP contribution < -0.4 is 10.6 Å². The second kappa shape index (κ2) is 9.60. The average molecular weight is 369 g/mol. The zero-order valence-corrected chi connectivity index (χ0v) is 16.6. The Bertz CT molecular complexity index is 738. The molecule has 5 heteroatoms. The Kier molecular flexibility index (Phi) is 6.93. The molecule has 1 aromatic heterocycles. The van der Waals surface area contributed by atoms with E-state index < -0.39 is 0 Å². The molecule has 0 saturated carbocycles. The number of rotatable bonds is 7. The fourth-order valence-corrected chi connectivity index (χ4v) is 3.57. The van der Waals surface area contributed by atoms with Gasteiger partial charge in [0.1, 0.15) is 11.3 Å². The van der Waals surface area contributed by atoms with Gasteiger partial charge in [0.15, 0.2) is 5.96 Å². The summed E-state index contributed by atoms with van der Waals surface area (Å²) in [5.74, 6) is 1.90. The van der Waals surface area contributed by atoms with Crippen molar-refractivity contribution >= 4 is 16.9 Å². The van der Waals surface area contributed by atoms with Crippen LogP contribution in [0.2, 0.25) is 0 Å². The zero-order chi connectivity index (χ0) is 19.1. The van der Waals surface area contributed by atoms with Gasteiger partial charge in [-0.3, -0.25) is 9.89 Å². The Morgan fingerprint density at radius 3 is 2.78 bits per heavy atom. The van der Waals surface area contributed by atoms with Crippen molar-refractivity contribution in [2.75, 3.05) is 32.7 Å². The first kappa shape index (κ1) is 19.5. The number of benzene rings is 1. The van der Waals surface area contributed by atoms with Crippen LogP contribution in [0.1, 0.15) is 32.4 Å². The molecular weight excluding hydrogens is 336 g/mol. The minimum absolute atomic E-state index is 0.482. The van der Waals surface area contributed by atoms with Crippen molar-refractivity contribution in [3.05, 3.63) is 48.2 Å². The molecule has 2 heterocycles. The molecule has 27 heavy (non-hydrogen) atoms. The fraction of sp³-hybridized carbons (Fsp3) is 0.500. The van der Waals surface area contributed by atoms with Crippen molar-refractivity contribution in [1.82, 2.24) is 15.5 Å². The van der Waals surface area contributed by atoms with Gasteiger partial charge in [-0.25, -0.2) is 0 Å². The molecule has 0 unspecified atom stereocenters. The normalized spacial score (nSPS) is 16.6. The number of hydrogen-bond donors (Lipinski definition) is 2. The maximum absolute atomic E-state index is 5.88. The molecule has 0 aliphatic carbocycles. The second-order valence-corrected chi connectivity index (χ2v) is 7.41. The van der Waals surface area contributed by atoms with Gasteiger partial charge < -0.3 is 15.1 Å². The molecule has 0 amide bonds. The summed E-state index contributed by atoms with van der Waals surface area (Å²) in [6.07, 6.45) is 3.09. The third-order valence-corrected chi connectivity index (χ3v) is 4.87. The first-order chi connectivity index (χ1) is 13.1. The standard InChI is InChI=1S/C22H32N4O/c1-4-23-22(25-19-10-13-26(14-11-19)16-17(2)3)24-12-9-20-15-18-7-5-6-8-21(18)27-20/h5-8,15,19H,2,4,9-14,16H2,1,3H3,(H2,23,24,25). The highest BCUT2D eigenvalue weighted by molar-refractivity contribution is 5.80. The Balaban J connectivity index is 1.50. The summed E-state index contributed by atoms with van der Waals surface area (Å²) in [6.45, 7) is 13.0. The SMILES string of the molecule is C=C(C)CN1CCC(NC(=NCCc2cc3ccccc3o2)NCC)CC1. The van der Waals surface area contributed by atoms with Crippen LogP contribution in [0.15, 0.2) is 51.9 Å². The van der Waals surface area contributed by atoms with E-state index in [1.54, 1.807) is 0 Å². The van der Waals surface area contributed by atoms with E-state index in [1.165, 1.54) is 5.57 Å². The van der Waals surface area contributed by atoms with Gasteiger partial charge in [0.05, 0.1) is 0 Å². The number of fused-ring (bicyclic) bond motifs is 1. The Morgan fingerprint density at radius 1 is 1.30 bits per heavy atom. The number of guanidine groups is 1. The highest BCUT2D eigenvalue weighted by atomic mass is 16.3. The summed E-state index contributed by atoms with van der Waals surface area (Å²) in [7, 11) is 0. The van der Waals surface area contributed by atoms with Gasteiger partial charge in [-0.1, -0.05) is 30.4 Å². The third kappa shape index (κ3) is 5.86. The molecule has 1 aliphatic rings. The number of nitrogens with zero attached hydrogens (tertiary/aromatic N) is 2. The van der Waals surface area contributed by atoms with Gasteiger partial charge in [0, 0.05) is 50.6 Å². The second-order valence-electron chi connectivity index (χ2n) is 7.41. The number of likely N-dealkylation sites (tertiary alicyclic amines) is 1. The lowest BCUT2D eigenvalue weighted by Crippen LogP contribution is -2.48.